The molecule has 1 aromatic rings. The Hall–Kier alpha value is -1.00. The van der Waals surface area contributed by atoms with Gasteiger partial charge in [-0.25, -0.2) is 8.78 Å². The summed E-state index contributed by atoms with van der Waals surface area (Å²) in [5.74, 6) is -0.997. The maximum atomic E-state index is 13.9. The molecule has 0 aliphatic rings. The second kappa shape index (κ2) is 6.07. The van der Waals surface area contributed by atoms with Crippen LogP contribution in [0.5, 0.6) is 0 Å². The Balaban J connectivity index is 3.07. The number of methoxy groups -OCH3 is 1. The molecule has 0 saturated heterocycles. The van der Waals surface area contributed by atoms with E-state index >= 15 is 0 Å². The molecule has 1 aromatic carbocycles. The summed E-state index contributed by atoms with van der Waals surface area (Å²) in [7, 11) is 3.27. The number of aryl methyl sites for hydroxylation is 1. The van der Waals surface area contributed by atoms with Gasteiger partial charge in [0.25, 0.3) is 0 Å². The first kappa shape index (κ1) is 14.1. The first-order chi connectivity index (χ1) is 8.01. The van der Waals surface area contributed by atoms with Gasteiger partial charge in [0.15, 0.2) is 0 Å². The number of benzene rings is 1. The Morgan fingerprint density at radius 1 is 1.35 bits per heavy atom. The van der Waals surface area contributed by atoms with Gasteiger partial charge in [-0.2, -0.15) is 0 Å². The van der Waals surface area contributed by atoms with E-state index in [9.17, 15) is 8.78 Å². The number of hydrogen-bond acceptors (Lipinski definition) is 2. The van der Waals surface area contributed by atoms with Crippen molar-refractivity contribution in [1.29, 1.82) is 0 Å². The van der Waals surface area contributed by atoms with E-state index in [2.05, 4.69) is 5.32 Å². The summed E-state index contributed by atoms with van der Waals surface area (Å²) in [5, 5.41) is 2.93. The van der Waals surface area contributed by atoms with Crippen molar-refractivity contribution in [2.75, 3.05) is 14.2 Å². The van der Waals surface area contributed by atoms with Crippen molar-refractivity contribution in [3.8, 4) is 0 Å². The van der Waals surface area contributed by atoms with Crippen LogP contribution in [0.3, 0.4) is 0 Å². The molecule has 0 amide bonds. The third-order valence-electron chi connectivity index (χ3n) is 2.99. The Morgan fingerprint density at radius 2 is 2.00 bits per heavy atom. The Labute approximate surface area is 101 Å². The van der Waals surface area contributed by atoms with Gasteiger partial charge in [-0.05, 0) is 38.9 Å². The molecule has 0 fully saturated rings. The predicted molar refractivity (Wildman–Crippen MR) is 64.0 cm³/mol. The van der Waals surface area contributed by atoms with E-state index in [1.807, 2.05) is 6.92 Å². The molecule has 4 heteroatoms. The lowest BCUT2D eigenvalue weighted by molar-refractivity contribution is 0.100. The minimum absolute atomic E-state index is 0.0632. The van der Waals surface area contributed by atoms with Gasteiger partial charge < -0.3 is 10.1 Å². The van der Waals surface area contributed by atoms with E-state index in [1.54, 1.807) is 21.1 Å². The van der Waals surface area contributed by atoms with Crippen LogP contribution in [0.1, 0.15) is 30.5 Å². The molecule has 0 aliphatic heterocycles. The molecule has 0 saturated carbocycles. The van der Waals surface area contributed by atoms with Crippen LogP contribution in [-0.4, -0.2) is 20.3 Å². The molecule has 0 aromatic heterocycles. The standard InChI is InChI=1S/C13H19F2NO/c1-8-5-6-10(14)12(13(8)15)11(16-3)7-9(2)17-4/h5-6,9,11,16H,7H2,1-4H3. The first-order valence-electron chi connectivity index (χ1n) is 5.65. The molecule has 0 bridgehead atoms. The molecule has 2 nitrogen and oxygen atoms in total. The summed E-state index contributed by atoms with van der Waals surface area (Å²) in [4.78, 5) is 0. The van der Waals surface area contributed by atoms with E-state index in [0.717, 1.165) is 0 Å². The van der Waals surface area contributed by atoms with Crippen LogP contribution in [0.4, 0.5) is 8.78 Å². The molecule has 0 radical (unpaired) electrons. The van der Waals surface area contributed by atoms with Crippen LogP contribution < -0.4 is 5.32 Å². The summed E-state index contributed by atoms with van der Waals surface area (Å²) < 4.78 is 32.8. The van der Waals surface area contributed by atoms with Crippen LogP contribution in [-0.2, 0) is 4.74 Å². The van der Waals surface area contributed by atoms with Gasteiger partial charge >= 0.3 is 0 Å². The summed E-state index contributed by atoms with van der Waals surface area (Å²) in [6.45, 7) is 3.50. The topological polar surface area (TPSA) is 21.3 Å². The van der Waals surface area contributed by atoms with E-state index < -0.39 is 11.6 Å². The monoisotopic (exact) mass is 243 g/mol. The number of hydrogen-bond donors (Lipinski definition) is 1. The van der Waals surface area contributed by atoms with E-state index in [-0.39, 0.29) is 17.7 Å². The highest BCUT2D eigenvalue weighted by molar-refractivity contribution is 5.29. The minimum atomic E-state index is -0.518. The maximum absolute atomic E-state index is 13.9. The van der Waals surface area contributed by atoms with E-state index in [1.165, 1.54) is 12.1 Å². The van der Waals surface area contributed by atoms with Crippen molar-refractivity contribution in [1.82, 2.24) is 5.32 Å². The molecule has 0 heterocycles. The fraction of sp³-hybridized carbons (Fsp3) is 0.538. The molecule has 0 aliphatic carbocycles. The Kier molecular flexibility index (Phi) is 5.02. The van der Waals surface area contributed by atoms with Crippen LogP contribution in [0, 0.1) is 18.6 Å². The highest BCUT2D eigenvalue weighted by Gasteiger charge is 2.22. The average molecular weight is 243 g/mol. The fourth-order valence-corrected chi connectivity index (χ4v) is 1.81. The van der Waals surface area contributed by atoms with Crippen LogP contribution in [0.2, 0.25) is 0 Å². The lowest BCUT2D eigenvalue weighted by Crippen LogP contribution is -2.24. The van der Waals surface area contributed by atoms with Gasteiger partial charge in [-0.3, -0.25) is 0 Å². The predicted octanol–water partition coefficient (Wildman–Crippen LogP) is 2.96. The molecular formula is C13H19F2NO. The molecular weight excluding hydrogens is 224 g/mol. The summed E-state index contributed by atoms with van der Waals surface area (Å²) in [6, 6.07) is 2.36. The van der Waals surface area contributed by atoms with Crippen LogP contribution in [0.25, 0.3) is 0 Å². The zero-order valence-electron chi connectivity index (χ0n) is 10.7. The third-order valence-corrected chi connectivity index (χ3v) is 2.99. The van der Waals surface area contributed by atoms with Crippen molar-refractivity contribution < 1.29 is 13.5 Å². The van der Waals surface area contributed by atoms with Crippen molar-refractivity contribution in [3.63, 3.8) is 0 Å². The van der Waals surface area contributed by atoms with Gasteiger partial charge in [0.2, 0.25) is 0 Å². The van der Waals surface area contributed by atoms with Crippen molar-refractivity contribution >= 4 is 0 Å². The fourth-order valence-electron chi connectivity index (χ4n) is 1.81. The highest BCUT2D eigenvalue weighted by atomic mass is 19.1. The Morgan fingerprint density at radius 3 is 2.53 bits per heavy atom. The lowest BCUT2D eigenvalue weighted by Gasteiger charge is -2.21. The second-order valence-electron chi connectivity index (χ2n) is 4.22. The average Bonchev–Trinajstić information content (AvgIpc) is 2.32. The van der Waals surface area contributed by atoms with Crippen LogP contribution in [0.15, 0.2) is 12.1 Å². The van der Waals surface area contributed by atoms with Gasteiger partial charge in [0, 0.05) is 18.7 Å². The molecule has 0 spiro atoms. The van der Waals surface area contributed by atoms with E-state index in [0.29, 0.717) is 12.0 Å². The maximum Gasteiger partial charge on any atom is 0.133 e. The second-order valence-corrected chi connectivity index (χ2v) is 4.22. The largest absolute Gasteiger partial charge is 0.382 e. The van der Waals surface area contributed by atoms with Gasteiger partial charge in [0.05, 0.1) is 6.10 Å². The SMILES string of the molecule is CNC(CC(C)OC)c1c(F)ccc(C)c1F. The molecule has 2 unspecified atom stereocenters. The zero-order chi connectivity index (χ0) is 13.0. The highest BCUT2D eigenvalue weighted by Crippen LogP contribution is 2.26. The third kappa shape index (κ3) is 3.23. The summed E-state index contributed by atoms with van der Waals surface area (Å²) >= 11 is 0. The molecule has 96 valence electrons. The lowest BCUT2D eigenvalue weighted by atomic mass is 9.98. The zero-order valence-corrected chi connectivity index (χ0v) is 10.7. The number of halogens is 2. The summed E-state index contributed by atoms with van der Waals surface area (Å²) in [5.41, 5.74) is 0.545. The number of rotatable bonds is 5. The molecule has 1 rings (SSSR count). The van der Waals surface area contributed by atoms with Gasteiger partial charge in [-0.1, -0.05) is 6.07 Å². The summed E-state index contributed by atoms with van der Waals surface area (Å²) in [6.07, 6.45) is 0.455. The first-order valence-corrected chi connectivity index (χ1v) is 5.65. The van der Waals surface area contributed by atoms with Gasteiger partial charge in [-0.15, -0.1) is 0 Å². The smallest absolute Gasteiger partial charge is 0.133 e. The van der Waals surface area contributed by atoms with E-state index in [4.69, 9.17) is 4.74 Å². The normalized spacial score (nSPS) is 14.7. The number of nitrogens with one attached hydrogen (secondary N) is 1. The molecule has 2 atom stereocenters. The quantitative estimate of drug-likeness (QED) is 0.858. The van der Waals surface area contributed by atoms with Gasteiger partial charge in [0.1, 0.15) is 11.6 Å². The van der Waals surface area contributed by atoms with Crippen LogP contribution >= 0.6 is 0 Å². The minimum Gasteiger partial charge on any atom is -0.382 e. The van der Waals surface area contributed by atoms with Crippen molar-refractivity contribution in [2.24, 2.45) is 0 Å². The molecule has 1 N–H and O–H groups in total. The van der Waals surface area contributed by atoms with Crippen molar-refractivity contribution in [2.45, 2.75) is 32.4 Å². The number of ether oxygens (including phenoxy) is 1. The molecule has 17 heavy (non-hydrogen) atoms. The van der Waals surface area contributed by atoms with Crippen molar-refractivity contribution in [3.05, 3.63) is 34.9 Å². The Bertz CT molecular complexity index is 382.